The molecule has 0 saturated carbocycles. The first-order valence-corrected chi connectivity index (χ1v) is 19.7. The molecule has 2 rings (SSSR count). The van der Waals surface area contributed by atoms with Crippen molar-refractivity contribution in [2.75, 3.05) is 33.0 Å². The second-order valence-electron chi connectivity index (χ2n) is 21.4. The summed E-state index contributed by atoms with van der Waals surface area (Å²) < 4.78 is 42.8. The molecule has 6 unspecified atom stereocenters. The van der Waals surface area contributed by atoms with Crippen molar-refractivity contribution in [1.29, 1.82) is 0 Å². The van der Waals surface area contributed by atoms with Crippen LogP contribution in [0.1, 0.15) is 156 Å². The Kier molecular flexibility index (Phi) is 16.1. The first kappa shape index (κ1) is 47.8. The summed E-state index contributed by atoms with van der Waals surface area (Å²) in [7, 11) is 0. The van der Waals surface area contributed by atoms with Crippen molar-refractivity contribution in [3.63, 3.8) is 0 Å². The Morgan fingerprint density at radius 3 is 1.49 bits per heavy atom. The van der Waals surface area contributed by atoms with Crippen LogP contribution >= 0.6 is 0 Å². The van der Waals surface area contributed by atoms with Crippen LogP contribution in [0.3, 0.4) is 0 Å². The van der Waals surface area contributed by atoms with E-state index in [4.69, 9.17) is 33.2 Å². The molecule has 0 aromatic carbocycles. The highest BCUT2D eigenvalue weighted by molar-refractivity contribution is 5.69. The quantitative estimate of drug-likeness (QED) is 0.118. The molecular weight excluding hydrogens is 680 g/mol. The van der Waals surface area contributed by atoms with E-state index in [-0.39, 0.29) is 79.1 Å². The van der Waals surface area contributed by atoms with Crippen LogP contribution < -0.4 is 0 Å². The molecule has 0 bridgehead atoms. The Hall–Kier alpha value is -1.34. The highest BCUT2D eigenvalue weighted by Crippen LogP contribution is 2.42. The molecule has 6 atom stereocenters. The second-order valence-corrected chi connectivity index (χ2v) is 21.4. The Bertz CT molecular complexity index is 1170. The van der Waals surface area contributed by atoms with Gasteiger partial charge in [-0.25, -0.2) is 0 Å². The van der Waals surface area contributed by atoms with Gasteiger partial charge in [-0.3, -0.25) is 9.59 Å². The predicted octanol–water partition coefficient (Wildman–Crippen LogP) is 7.75. The van der Waals surface area contributed by atoms with Crippen LogP contribution in [0.2, 0.25) is 0 Å². The lowest BCUT2D eigenvalue weighted by Crippen LogP contribution is -2.54. The van der Waals surface area contributed by atoms with Gasteiger partial charge >= 0.3 is 11.9 Å². The molecule has 0 aromatic heterocycles. The molecule has 2 N–H and O–H groups in total. The number of aliphatic hydroxyl groups excluding tert-OH is 1. The summed E-state index contributed by atoms with van der Waals surface area (Å²) in [6, 6.07) is 0. The molecule has 0 radical (unpaired) electrons. The van der Waals surface area contributed by atoms with Crippen LogP contribution in [0.15, 0.2) is 0 Å². The third-order valence-electron chi connectivity index (χ3n) is 9.88. The fourth-order valence-electron chi connectivity index (χ4n) is 8.20. The molecule has 2 fully saturated rings. The molecule has 11 heteroatoms. The van der Waals surface area contributed by atoms with Gasteiger partial charge in [0.25, 0.3) is 0 Å². The summed E-state index contributed by atoms with van der Waals surface area (Å²) in [5.74, 6) is -3.48. The fourth-order valence-corrected chi connectivity index (χ4v) is 8.20. The maximum absolute atomic E-state index is 12.8. The van der Waals surface area contributed by atoms with Crippen molar-refractivity contribution in [3.05, 3.63) is 0 Å². The average molecular weight is 759 g/mol. The van der Waals surface area contributed by atoms with Gasteiger partial charge in [0.2, 0.25) is 0 Å². The summed E-state index contributed by atoms with van der Waals surface area (Å²) in [5, 5.41) is 22.4. The minimum atomic E-state index is -1.11. The van der Waals surface area contributed by atoms with Crippen LogP contribution in [0, 0.1) is 27.6 Å². The maximum atomic E-state index is 12.8. The third-order valence-corrected chi connectivity index (χ3v) is 9.88. The molecule has 2 aliphatic heterocycles. The normalized spacial score (nSPS) is 26.1. The highest BCUT2D eigenvalue weighted by Gasteiger charge is 2.53. The van der Waals surface area contributed by atoms with Crippen LogP contribution in [0.5, 0.6) is 0 Å². The van der Waals surface area contributed by atoms with Gasteiger partial charge in [0, 0.05) is 18.8 Å². The smallest absolute Gasteiger partial charge is 0.306 e. The van der Waals surface area contributed by atoms with Crippen molar-refractivity contribution in [2.24, 2.45) is 27.6 Å². The monoisotopic (exact) mass is 759 g/mol. The average Bonchev–Trinajstić information content (AvgIpc) is 3.53. The summed E-state index contributed by atoms with van der Waals surface area (Å²) in [6.45, 7) is 33.4. The Labute approximate surface area is 321 Å². The van der Waals surface area contributed by atoms with Gasteiger partial charge in [-0.05, 0) is 82.5 Å². The first-order valence-electron chi connectivity index (χ1n) is 19.7. The van der Waals surface area contributed by atoms with Gasteiger partial charge in [0.15, 0.2) is 11.6 Å². The summed E-state index contributed by atoms with van der Waals surface area (Å²) in [6.07, 6.45) is 0.493. The SMILES string of the molecule is CC(C)(C)CC(C)(C)COC(=O)CCC1(C)OCC(C(O)C(C2COC(C)(CCC(=O)OCC(C)(C)CC(C)(C)C)O2)C(C)(C)OCCC(C)(C)O)O1. The van der Waals surface area contributed by atoms with Gasteiger partial charge in [-0.2, -0.15) is 0 Å². The minimum Gasteiger partial charge on any atom is -0.465 e. The van der Waals surface area contributed by atoms with Crippen molar-refractivity contribution in [2.45, 2.75) is 197 Å². The third kappa shape index (κ3) is 17.6. The number of ether oxygens (including phenoxy) is 7. The van der Waals surface area contributed by atoms with Crippen LogP contribution in [-0.2, 0) is 42.7 Å². The molecule has 2 aliphatic rings. The van der Waals surface area contributed by atoms with Crippen LogP contribution in [0.25, 0.3) is 0 Å². The zero-order valence-corrected chi connectivity index (χ0v) is 36.4. The minimum absolute atomic E-state index is 0.101. The van der Waals surface area contributed by atoms with Crippen molar-refractivity contribution in [1.82, 2.24) is 0 Å². The Morgan fingerprint density at radius 2 is 1.09 bits per heavy atom. The summed E-state index contributed by atoms with van der Waals surface area (Å²) >= 11 is 0. The summed E-state index contributed by atoms with van der Waals surface area (Å²) in [5.41, 5.74) is -1.96. The lowest BCUT2D eigenvalue weighted by molar-refractivity contribution is -0.213. The van der Waals surface area contributed by atoms with Gasteiger partial charge in [-0.1, -0.05) is 69.2 Å². The van der Waals surface area contributed by atoms with E-state index in [0.717, 1.165) is 12.8 Å². The predicted molar refractivity (Wildman–Crippen MR) is 205 cm³/mol. The van der Waals surface area contributed by atoms with Crippen molar-refractivity contribution >= 4 is 11.9 Å². The molecule has 53 heavy (non-hydrogen) atoms. The number of carbonyl (C=O) groups excluding carboxylic acids is 2. The van der Waals surface area contributed by atoms with Gasteiger partial charge in [-0.15, -0.1) is 0 Å². The van der Waals surface area contributed by atoms with Gasteiger partial charge < -0.3 is 43.4 Å². The van der Waals surface area contributed by atoms with E-state index in [1.165, 1.54) is 0 Å². The van der Waals surface area contributed by atoms with Crippen LogP contribution in [0.4, 0.5) is 0 Å². The van der Waals surface area contributed by atoms with Gasteiger partial charge in [0.05, 0.1) is 69.3 Å². The molecule has 312 valence electrons. The topological polar surface area (TPSA) is 139 Å². The molecule has 11 nitrogen and oxygen atoms in total. The number of carbonyl (C=O) groups is 2. The molecule has 0 aromatic rings. The number of rotatable bonds is 20. The molecule has 2 heterocycles. The van der Waals surface area contributed by atoms with E-state index >= 15 is 0 Å². The van der Waals surface area contributed by atoms with E-state index < -0.39 is 47.0 Å². The molecule has 0 aliphatic carbocycles. The van der Waals surface area contributed by atoms with Crippen molar-refractivity contribution in [3.8, 4) is 0 Å². The maximum Gasteiger partial charge on any atom is 0.306 e. The first-order chi connectivity index (χ1) is 23.7. The van der Waals surface area contributed by atoms with Crippen LogP contribution in [-0.4, -0.2) is 96.3 Å². The standard InChI is InChI=1S/C42H78O11/c1-35(2,3)25-37(7,8)27-47-31(43)17-19-41(15)50-23-29(52-41)33(40(13,14)49-22-21-39(11,12)46)34(45)30-24-51-42(16,53-30)20-18-32(44)48-28-38(9,10)26-36(4,5)6/h29-30,33-34,45-46H,17-28H2,1-16H3. The second kappa shape index (κ2) is 17.9. The van der Waals surface area contributed by atoms with Gasteiger partial charge in [0.1, 0.15) is 6.10 Å². The zero-order chi connectivity index (χ0) is 40.9. The van der Waals surface area contributed by atoms with E-state index in [2.05, 4.69) is 69.2 Å². The molecule has 0 amide bonds. The van der Waals surface area contributed by atoms with E-state index in [0.29, 0.717) is 19.6 Å². The number of hydrogen-bond acceptors (Lipinski definition) is 11. The summed E-state index contributed by atoms with van der Waals surface area (Å²) in [4.78, 5) is 25.6. The number of esters is 2. The Morgan fingerprint density at radius 1 is 0.698 bits per heavy atom. The van der Waals surface area contributed by atoms with Crippen molar-refractivity contribution < 1.29 is 53.0 Å². The number of hydrogen-bond donors (Lipinski definition) is 2. The number of aliphatic hydroxyl groups is 2. The Balaban J connectivity index is 2.10. The fraction of sp³-hybridized carbons (Fsp3) is 0.952. The molecule has 2 saturated heterocycles. The van der Waals surface area contributed by atoms with E-state index in [9.17, 15) is 19.8 Å². The largest absolute Gasteiger partial charge is 0.465 e. The molecule has 0 spiro atoms. The lowest BCUT2D eigenvalue weighted by Gasteiger charge is -2.42. The zero-order valence-electron chi connectivity index (χ0n) is 36.4. The van der Waals surface area contributed by atoms with E-state index in [1.807, 2.05) is 13.8 Å². The van der Waals surface area contributed by atoms with E-state index in [1.54, 1.807) is 27.7 Å². The molecular formula is C42H78O11. The highest BCUT2D eigenvalue weighted by atomic mass is 16.8. The lowest BCUT2D eigenvalue weighted by atomic mass is 9.77.